The molecule has 166 valence electrons. The molecule has 2 N–H and O–H groups in total. The average molecular weight is 413 g/mol. The zero-order chi connectivity index (χ0) is 21.0. The summed E-state index contributed by atoms with van der Waals surface area (Å²) in [4.78, 5) is 15.9. The van der Waals surface area contributed by atoms with Crippen LogP contribution in [-0.4, -0.2) is 41.6 Å². The third kappa shape index (κ3) is 4.75. The summed E-state index contributed by atoms with van der Waals surface area (Å²) in [7, 11) is 0. The molecular weight excluding hydrogens is 372 g/mol. The van der Waals surface area contributed by atoms with Gasteiger partial charge in [-0.3, -0.25) is 4.79 Å². The van der Waals surface area contributed by atoms with Crippen LogP contribution in [0.5, 0.6) is 0 Å². The van der Waals surface area contributed by atoms with Crippen LogP contribution in [0.25, 0.3) is 0 Å². The van der Waals surface area contributed by atoms with Crippen LogP contribution in [0, 0.1) is 17.8 Å². The molecule has 3 unspecified atom stereocenters. The van der Waals surface area contributed by atoms with E-state index in [0.29, 0.717) is 0 Å². The first-order valence-electron chi connectivity index (χ1n) is 12.4. The van der Waals surface area contributed by atoms with Crippen LogP contribution in [0.15, 0.2) is 30.3 Å². The lowest BCUT2D eigenvalue weighted by Crippen LogP contribution is -2.54. The van der Waals surface area contributed by atoms with Gasteiger partial charge in [0.25, 0.3) is 5.91 Å². The molecule has 2 aliphatic carbocycles. The van der Waals surface area contributed by atoms with Crippen LogP contribution in [-0.2, 0) is 10.4 Å². The third-order valence-corrected chi connectivity index (χ3v) is 8.28. The Kier molecular flexibility index (Phi) is 7.15. The summed E-state index contributed by atoms with van der Waals surface area (Å²) in [5.41, 5.74) is -0.648. The Labute approximate surface area is 182 Å². The largest absolute Gasteiger partial charge is 0.375 e. The molecule has 4 heteroatoms. The lowest BCUT2D eigenvalue weighted by atomic mass is 9.79. The quantitative estimate of drug-likeness (QED) is 0.695. The first-order valence-corrected chi connectivity index (χ1v) is 12.4. The van der Waals surface area contributed by atoms with Gasteiger partial charge in [-0.2, -0.15) is 0 Å². The normalized spacial score (nSPS) is 28.5. The maximum Gasteiger partial charge on any atom is 0.257 e. The minimum Gasteiger partial charge on any atom is -0.375 e. The van der Waals surface area contributed by atoms with E-state index in [9.17, 15) is 9.90 Å². The van der Waals surface area contributed by atoms with Crippen molar-refractivity contribution >= 4 is 5.91 Å². The van der Waals surface area contributed by atoms with Gasteiger partial charge in [-0.1, -0.05) is 69.4 Å². The number of carbonyl (C=O) groups excluding carboxylic acids is 1. The maximum atomic E-state index is 13.4. The van der Waals surface area contributed by atoms with E-state index in [0.717, 1.165) is 69.0 Å². The van der Waals surface area contributed by atoms with E-state index in [1.165, 1.54) is 32.2 Å². The number of aliphatic hydroxyl groups is 1. The van der Waals surface area contributed by atoms with Gasteiger partial charge in [-0.05, 0) is 56.0 Å². The van der Waals surface area contributed by atoms with Crippen molar-refractivity contribution in [3.63, 3.8) is 0 Å². The lowest BCUT2D eigenvalue weighted by Gasteiger charge is -2.37. The van der Waals surface area contributed by atoms with E-state index in [2.05, 4.69) is 17.1 Å². The molecule has 3 aliphatic rings. The molecule has 1 aromatic rings. The van der Waals surface area contributed by atoms with Crippen molar-refractivity contribution in [2.45, 2.75) is 82.8 Å². The lowest BCUT2D eigenvalue weighted by molar-refractivity contribution is -0.148. The number of rotatable bonds is 7. The van der Waals surface area contributed by atoms with Crippen molar-refractivity contribution < 1.29 is 9.90 Å². The number of likely N-dealkylation sites (tertiary alicyclic amines) is 1. The molecule has 0 radical (unpaired) electrons. The standard InChI is InChI=1S/C26H40N2O2/c1-20-8-7-9-21(20)14-17-28-18-15-24(16-19-28)27-25(29)26(30,23-12-5-6-13-23)22-10-3-2-4-11-22/h2-4,10-11,20-21,23-24,30H,5-9,12-19H2,1H3,(H,27,29). The molecule has 1 saturated heterocycles. The van der Waals surface area contributed by atoms with Gasteiger partial charge in [-0.15, -0.1) is 0 Å². The van der Waals surface area contributed by atoms with Crippen LogP contribution in [0.4, 0.5) is 0 Å². The minimum absolute atomic E-state index is 0.0217. The second kappa shape index (κ2) is 9.82. The van der Waals surface area contributed by atoms with Crippen LogP contribution in [0.1, 0.15) is 76.7 Å². The van der Waals surface area contributed by atoms with Crippen molar-refractivity contribution in [2.24, 2.45) is 17.8 Å². The molecule has 4 rings (SSSR count). The molecule has 3 atom stereocenters. The van der Waals surface area contributed by atoms with Gasteiger partial charge in [0.05, 0.1) is 0 Å². The molecule has 1 heterocycles. The van der Waals surface area contributed by atoms with E-state index in [1.54, 1.807) is 0 Å². The first-order chi connectivity index (χ1) is 14.6. The Bertz CT molecular complexity index is 680. The number of nitrogens with one attached hydrogen (secondary N) is 1. The monoisotopic (exact) mass is 412 g/mol. The highest BCUT2D eigenvalue weighted by atomic mass is 16.3. The van der Waals surface area contributed by atoms with Crippen molar-refractivity contribution in [1.82, 2.24) is 10.2 Å². The number of carbonyl (C=O) groups is 1. The summed E-state index contributed by atoms with van der Waals surface area (Å²) >= 11 is 0. The van der Waals surface area contributed by atoms with Gasteiger partial charge >= 0.3 is 0 Å². The summed E-state index contributed by atoms with van der Waals surface area (Å²) in [6.45, 7) is 5.72. The highest BCUT2D eigenvalue weighted by molar-refractivity contribution is 5.87. The molecule has 30 heavy (non-hydrogen) atoms. The van der Waals surface area contributed by atoms with Crippen molar-refractivity contribution in [3.8, 4) is 0 Å². The fourth-order valence-electron chi connectivity index (χ4n) is 6.18. The molecule has 1 aromatic carbocycles. The zero-order valence-corrected chi connectivity index (χ0v) is 18.7. The summed E-state index contributed by atoms with van der Waals surface area (Å²) in [5, 5.41) is 14.9. The van der Waals surface area contributed by atoms with Gasteiger partial charge in [0.2, 0.25) is 0 Å². The highest BCUT2D eigenvalue weighted by Gasteiger charge is 2.46. The van der Waals surface area contributed by atoms with Crippen LogP contribution in [0.3, 0.4) is 0 Å². The van der Waals surface area contributed by atoms with E-state index >= 15 is 0 Å². The number of hydrogen-bond donors (Lipinski definition) is 2. The van der Waals surface area contributed by atoms with Gasteiger partial charge < -0.3 is 15.3 Å². The number of benzene rings is 1. The van der Waals surface area contributed by atoms with Crippen molar-refractivity contribution in [1.29, 1.82) is 0 Å². The third-order valence-electron chi connectivity index (χ3n) is 8.28. The Balaban J connectivity index is 1.31. The summed E-state index contributed by atoms with van der Waals surface area (Å²) in [6, 6.07) is 9.78. The number of hydrogen-bond acceptors (Lipinski definition) is 3. The van der Waals surface area contributed by atoms with Crippen LogP contribution in [0.2, 0.25) is 0 Å². The van der Waals surface area contributed by atoms with Gasteiger partial charge in [-0.25, -0.2) is 0 Å². The Hall–Kier alpha value is -1.39. The Morgan fingerprint density at radius 1 is 1.03 bits per heavy atom. The van der Waals surface area contributed by atoms with E-state index in [1.807, 2.05) is 30.3 Å². The average Bonchev–Trinajstić information content (AvgIpc) is 3.45. The fraction of sp³-hybridized carbons (Fsp3) is 0.731. The van der Waals surface area contributed by atoms with Gasteiger partial charge in [0, 0.05) is 25.0 Å². The number of nitrogens with zero attached hydrogens (tertiary/aromatic N) is 1. The fourth-order valence-corrected chi connectivity index (χ4v) is 6.18. The Morgan fingerprint density at radius 3 is 2.37 bits per heavy atom. The second-order valence-electron chi connectivity index (χ2n) is 10.2. The molecule has 2 saturated carbocycles. The number of piperidine rings is 1. The highest BCUT2D eigenvalue weighted by Crippen LogP contribution is 2.41. The minimum atomic E-state index is -1.40. The van der Waals surface area contributed by atoms with E-state index < -0.39 is 5.60 Å². The summed E-state index contributed by atoms with van der Waals surface area (Å²) < 4.78 is 0. The summed E-state index contributed by atoms with van der Waals surface area (Å²) in [6.07, 6.45) is 11.6. The molecule has 4 nitrogen and oxygen atoms in total. The van der Waals surface area contributed by atoms with Crippen molar-refractivity contribution in [3.05, 3.63) is 35.9 Å². The predicted molar refractivity (Wildman–Crippen MR) is 121 cm³/mol. The van der Waals surface area contributed by atoms with Crippen LogP contribution >= 0.6 is 0 Å². The SMILES string of the molecule is CC1CCCC1CCN1CCC(NC(=O)C(O)(c2ccccc2)C2CCCC2)CC1. The molecular formula is C26H40N2O2. The first kappa shape index (κ1) is 21.8. The molecule has 1 aliphatic heterocycles. The number of amides is 1. The topological polar surface area (TPSA) is 52.6 Å². The van der Waals surface area contributed by atoms with Gasteiger partial charge in [0.15, 0.2) is 5.60 Å². The smallest absolute Gasteiger partial charge is 0.257 e. The molecule has 0 spiro atoms. The van der Waals surface area contributed by atoms with Crippen molar-refractivity contribution in [2.75, 3.05) is 19.6 Å². The van der Waals surface area contributed by atoms with Gasteiger partial charge in [0.1, 0.15) is 0 Å². The maximum absolute atomic E-state index is 13.4. The molecule has 0 bridgehead atoms. The summed E-state index contributed by atoms with van der Waals surface area (Å²) in [5.74, 6) is 1.65. The van der Waals surface area contributed by atoms with E-state index in [4.69, 9.17) is 0 Å². The molecule has 0 aromatic heterocycles. The predicted octanol–water partition coefficient (Wildman–Crippen LogP) is 4.47. The molecule has 1 amide bonds. The molecule has 3 fully saturated rings. The van der Waals surface area contributed by atoms with E-state index in [-0.39, 0.29) is 17.9 Å². The zero-order valence-electron chi connectivity index (χ0n) is 18.7. The second-order valence-corrected chi connectivity index (χ2v) is 10.2. The van der Waals surface area contributed by atoms with Crippen LogP contribution < -0.4 is 5.32 Å². The Morgan fingerprint density at radius 2 is 1.73 bits per heavy atom.